The van der Waals surface area contributed by atoms with Crippen molar-refractivity contribution >= 4 is 9.84 Å². The molecule has 1 aliphatic rings. The molecule has 0 atom stereocenters. The highest BCUT2D eigenvalue weighted by atomic mass is 32.2. The van der Waals surface area contributed by atoms with Crippen LogP contribution in [0, 0.1) is 5.92 Å². The summed E-state index contributed by atoms with van der Waals surface area (Å²) in [5.41, 5.74) is -0.239. The van der Waals surface area contributed by atoms with E-state index < -0.39 is 9.84 Å². The Labute approximate surface area is 98.4 Å². The Morgan fingerprint density at radius 3 is 2.38 bits per heavy atom. The third-order valence-electron chi connectivity index (χ3n) is 3.51. The van der Waals surface area contributed by atoms with Crippen LogP contribution >= 0.6 is 0 Å². The SMILES string of the molecule is CC1CCC(CO)(NCCS(C)(=O)=O)CC1. The lowest BCUT2D eigenvalue weighted by atomic mass is 9.77. The Balaban J connectivity index is 2.42. The third-order valence-corrected chi connectivity index (χ3v) is 4.45. The van der Waals surface area contributed by atoms with Crippen molar-refractivity contribution in [3.05, 3.63) is 0 Å². The lowest BCUT2D eigenvalue weighted by Gasteiger charge is -2.39. The minimum atomic E-state index is -2.91. The van der Waals surface area contributed by atoms with Gasteiger partial charge in [-0.1, -0.05) is 6.92 Å². The fraction of sp³-hybridized carbons (Fsp3) is 1.00. The van der Waals surface area contributed by atoms with Gasteiger partial charge >= 0.3 is 0 Å². The van der Waals surface area contributed by atoms with Crippen LogP contribution in [0.1, 0.15) is 32.6 Å². The number of rotatable bonds is 5. The molecule has 0 saturated heterocycles. The lowest BCUT2D eigenvalue weighted by molar-refractivity contribution is 0.108. The number of nitrogens with one attached hydrogen (secondary N) is 1. The first-order chi connectivity index (χ1) is 7.37. The molecule has 0 spiro atoms. The fourth-order valence-electron chi connectivity index (χ4n) is 2.21. The second-order valence-electron chi connectivity index (χ2n) is 5.18. The van der Waals surface area contributed by atoms with Crippen molar-refractivity contribution in [2.45, 2.75) is 38.1 Å². The van der Waals surface area contributed by atoms with E-state index in [1.165, 1.54) is 6.26 Å². The minimum Gasteiger partial charge on any atom is -0.394 e. The summed E-state index contributed by atoms with van der Waals surface area (Å²) >= 11 is 0. The summed E-state index contributed by atoms with van der Waals surface area (Å²) in [6.07, 6.45) is 5.32. The summed E-state index contributed by atoms with van der Waals surface area (Å²) in [4.78, 5) is 0. The van der Waals surface area contributed by atoms with Crippen molar-refractivity contribution in [2.24, 2.45) is 5.92 Å². The van der Waals surface area contributed by atoms with Gasteiger partial charge in [-0.15, -0.1) is 0 Å². The molecule has 0 bridgehead atoms. The zero-order chi connectivity index (χ0) is 12.2. The molecule has 5 heteroatoms. The Hall–Kier alpha value is -0.130. The van der Waals surface area contributed by atoms with Crippen molar-refractivity contribution in [2.75, 3.05) is 25.2 Å². The van der Waals surface area contributed by atoms with Gasteiger partial charge in [-0.05, 0) is 31.6 Å². The van der Waals surface area contributed by atoms with E-state index in [1.54, 1.807) is 0 Å². The van der Waals surface area contributed by atoms with Crippen LogP contribution in [0.25, 0.3) is 0 Å². The van der Waals surface area contributed by atoms with E-state index in [4.69, 9.17) is 0 Å². The van der Waals surface area contributed by atoms with E-state index in [-0.39, 0.29) is 17.9 Å². The van der Waals surface area contributed by atoms with Gasteiger partial charge in [0, 0.05) is 18.3 Å². The second-order valence-corrected chi connectivity index (χ2v) is 7.44. The van der Waals surface area contributed by atoms with E-state index in [0.717, 1.165) is 31.6 Å². The van der Waals surface area contributed by atoms with Gasteiger partial charge in [0.2, 0.25) is 0 Å². The summed E-state index contributed by atoms with van der Waals surface area (Å²) in [6.45, 7) is 2.76. The van der Waals surface area contributed by atoms with Crippen molar-refractivity contribution in [3.63, 3.8) is 0 Å². The summed E-state index contributed by atoms with van der Waals surface area (Å²) < 4.78 is 22.0. The molecule has 16 heavy (non-hydrogen) atoms. The molecule has 1 rings (SSSR count). The Bertz CT molecular complexity index is 305. The molecular formula is C11H23NO3S. The topological polar surface area (TPSA) is 66.4 Å². The first-order valence-corrected chi connectivity index (χ1v) is 7.97. The molecule has 0 aromatic heterocycles. The van der Waals surface area contributed by atoms with Crippen molar-refractivity contribution in [3.8, 4) is 0 Å². The van der Waals surface area contributed by atoms with Gasteiger partial charge in [0.15, 0.2) is 0 Å². The molecule has 4 nitrogen and oxygen atoms in total. The van der Waals surface area contributed by atoms with Crippen LogP contribution in [0.5, 0.6) is 0 Å². The third kappa shape index (κ3) is 4.39. The summed E-state index contributed by atoms with van der Waals surface area (Å²) in [5, 5.41) is 12.7. The zero-order valence-corrected chi connectivity index (χ0v) is 11.0. The number of aliphatic hydroxyl groups excluding tert-OH is 1. The standard InChI is InChI=1S/C11H23NO3S/c1-10-3-5-11(9-13,6-4-10)12-7-8-16(2,14)15/h10,12-13H,3-9H2,1-2H3. The van der Waals surface area contributed by atoms with Crippen LogP contribution in [0.3, 0.4) is 0 Å². The Morgan fingerprint density at radius 2 is 1.94 bits per heavy atom. The highest BCUT2D eigenvalue weighted by Gasteiger charge is 2.32. The van der Waals surface area contributed by atoms with Gasteiger partial charge in [0.25, 0.3) is 0 Å². The van der Waals surface area contributed by atoms with Gasteiger partial charge in [0.05, 0.1) is 12.4 Å². The molecule has 0 aromatic rings. The Kier molecular flexibility index (Phi) is 4.76. The van der Waals surface area contributed by atoms with E-state index in [9.17, 15) is 13.5 Å². The van der Waals surface area contributed by atoms with Gasteiger partial charge in [-0.3, -0.25) is 0 Å². The largest absolute Gasteiger partial charge is 0.394 e. The molecule has 0 amide bonds. The van der Waals surface area contributed by atoms with Gasteiger partial charge in [-0.2, -0.15) is 0 Å². The van der Waals surface area contributed by atoms with Crippen LogP contribution in [0.2, 0.25) is 0 Å². The van der Waals surface area contributed by atoms with Gasteiger partial charge < -0.3 is 10.4 Å². The summed E-state index contributed by atoms with van der Waals surface area (Å²) in [7, 11) is -2.91. The average Bonchev–Trinajstić information content (AvgIpc) is 2.20. The summed E-state index contributed by atoms with van der Waals surface area (Å²) in [5.74, 6) is 0.862. The van der Waals surface area contributed by atoms with Gasteiger partial charge in [-0.25, -0.2) is 8.42 Å². The van der Waals surface area contributed by atoms with Gasteiger partial charge in [0.1, 0.15) is 9.84 Å². The highest BCUT2D eigenvalue weighted by Crippen LogP contribution is 2.31. The summed E-state index contributed by atoms with van der Waals surface area (Å²) in [6, 6.07) is 0. The molecule has 0 unspecified atom stereocenters. The molecule has 1 fully saturated rings. The predicted molar refractivity (Wildman–Crippen MR) is 65.2 cm³/mol. The van der Waals surface area contributed by atoms with E-state index in [2.05, 4.69) is 12.2 Å². The highest BCUT2D eigenvalue weighted by molar-refractivity contribution is 7.90. The number of hydrogen-bond donors (Lipinski definition) is 2. The van der Waals surface area contributed by atoms with Crippen LogP contribution in [0.15, 0.2) is 0 Å². The van der Waals surface area contributed by atoms with E-state index in [0.29, 0.717) is 6.54 Å². The monoisotopic (exact) mass is 249 g/mol. The normalized spacial score (nSPS) is 31.6. The van der Waals surface area contributed by atoms with E-state index in [1.807, 2.05) is 0 Å². The van der Waals surface area contributed by atoms with Crippen LogP contribution in [-0.2, 0) is 9.84 Å². The number of sulfone groups is 1. The molecule has 0 radical (unpaired) electrons. The number of aliphatic hydroxyl groups is 1. The predicted octanol–water partition coefficient (Wildman–Crippen LogP) is 0.562. The van der Waals surface area contributed by atoms with E-state index >= 15 is 0 Å². The minimum absolute atomic E-state index is 0.101. The molecule has 0 heterocycles. The molecular weight excluding hydrogens is 226 g/mol. The van der Waals surface area contributed by atoms with Crippen LogP contribution in [0.4, 0.5) is 0 Å². The number of hydrogen-bond acceptors (Lipinski definition) is 4. The van der Waals surface area contributed by atoms with Crippen molar-refractivity contribution in [1.29, 1.82) is 0 Å². The lowest BCUT2D eigenvalue weighted by Crippen LogP contribution is -2.52. The molecule has 1 saturated carbocycles. The maximum atomic E-state index is 11.0. The first kappa shape index (κ1) is 13.9. The Morgan fingerprint density at radius 1 is 1.38 bits per heavy atom. The zero-order valence-electron chi connectivity index (χ0n) is 10.2. The maximum Gasteiger partial charge on any atom is 0.148 e. The molecule has 0 aromatic carbocycles. The average molecular weight is 249 g/mol. The smallest absolute Gasteiger partial charge is 0.148 e. The fourth-order valence-corrected chi connectivity index (χ4v) is 2.68. The quantitative estimate of drug-likeness (QED) is 0.747. The molecule has 2 N–H and O–H groups in total. The second kappa shape index (κ2) is 5.47. The molecule has 96 valence electrons. The molecule has 0 aliphatic heterocycles. The van der Waals surface area contributed by atoms with Crippen LogP contribution < -0.4 is 5.32 Å². The van der Waals surface area contributed by atoms with Crippen molar-refractivity contribution in [1.82, 2.24) is 5.32 Å². The maximum absolute atomic E-state index is 11.0. The molecule has 1 aliphatic carbocycles. The van der Waals surface area contributed by atoms with Crippen molar-refractivity contribution < 1.29 is 13.5 Å². The first-order valence-electron chi connectivity index (χ1n) is 5.90. The van der Waals surface area contributed by atoms with Crippen LogP contribution in [-0.4, -0.2) is 44.2 Å².